The normalized spacial score (nSPS) is 23.3. The third-order valence-corrected chi connectivity index (χ3v) is 6.10. The molecule has 0 bridgehead atoms. The van der Waals surface area contributed by atoms with Crippen LogP contribution in [0.2, 0.25) is 0 Å². The van der Waals surface area contributed by atoms with Gasteiger partial charge in [0.05, 0.1) is 0 Å². The second-order valence-electron chi connectivity index (χ2n) is 7.82. The van der Waals surface area contributed by atoms with Gasteiger partial charge in [-0.2, -0.15) is 0 Å². The molecule has 2 aromatic rings. The maximum Gasteiger partial charge on any atom is 0.243 e. The number of nitrogens with zero attached hydrogens (tertiary/aromatic N) is 2. The molecule has 1 amide bonds. The Bertz CT molecular complexity index is 794. The molecule has 2 fully saturated rings. The van der Waals surface area contributed by atoms with Gasteiger partial charge in [0, 0.05) is 19.6 Å². The van der Waals surface area contributed by atoms with Crippen molar-refractivity contribution in [1.29, 1.82) is 0 Å². The molecular formula is C23H27FN2O. The molecule has 2 aliphatic rings. The van der Waals surface area contributed by atoms with Gasteiger partial charge in [-0.3, -0.25) is 9.69 Å². The number of hydrogen-bond donors (Lipinski definition) is 0. The number of carbonyl (C=O) groups excluding carboxylic acids is 1. The van der Waals surface area contributed by atoms with E-state index in [-0.39, 0.29) is 17.3 Å². The molecular weight excluding hydrogens is 339 g/mol. The molecule has 0 saturated carbocycles. The molecule has 4 rings (SSSR count). The summed E-state index contributed by atoms with van der Waals surface area (Å²) in [6.45, 7) is 3.18. The molecule has 0 aliphatic carbocycles. The minimum atomic E-state index is -0.388. The highest BCUT2D eigenvalue weighted by Gasteiger charge is 2.50. The fourth-order valence-corrected chi connectivity index (χ4v) is 4.73. The van der Waals surface area contributed by atoms with Crippen molar-refractivity contribution in [3.63, 3.8) is 0 Å². The summed E-state index contributed by atoms with van der Waals surface area (Å²) in [7, 11) is 0. The summed E-state index contributed by atoms with van der Waals surface area (Å²) in [4.78, 5) is 17.8. The summed E-state index contributed by atoms with van der Waals surface area (Å²) in [5.74, 6) is 0.0683. The lowest BCUT2D eigenvalue weighted by Crippen LogP contribution is -2.59. The second kappa shape index (κ2) is 7.81. The lowest BCUT2D eigenvalue weighted by molar-refractivity contribution is -0.147. The highest BCUT2D eigenvalue weighted by Crippen LogP contribution is 2.39. The van der Waals surface area contributed by atoms with E-state index in [2.05, 4.69) is 21.9 Å². The number of hydrogen-bond acceptors (Lipinski definition) is 2. The molecule has 1 spiro atoms. The maximum absolute atomic E-state index is 13.6. The number of amides is 1. The molecule has 1 atom stereocenters. The zero-order valence-electron chi connectivity index (χ0n) is 15.7. The lowest BCUT2D eigenvalue weighted by Gasteiger charge is -2.45. The second-order valence-corrected chi connectivity index (χ2v) is 7.82. The highest BCUT2D eigenvalue weighted by atomic mass is 19.1. The first-order valence-electron chi connectivity index (χ1n) is 10.0. The smallest absolute Gasteiger partial charge is 0.243 e. The number of rotatable bonds is 5. The van der Waals surface area contributed by atoms with E-state index in [9.17, 15) is 9.18 Å². The number of halogens is 1. The van der Waals surface area contributed by atoms with Crippen LogP contribution in [-0.2, 0) is 17.8 Å². The van der Waals surface area contributed by atoms with Gasteiger partial charge in [0.15, 0.2) is 0 Å². The average Bonchev–Trinajstić information content (AvgIpc) is 3.07. The van der Waals surface area contributed by atoms with E-state index in [0.29, 0.717) is 6.54 Å². The first-order valence-corrected chi connectivity index (χ1v) is 10.0. The van der Waals surface area contributed by atoms with Crippen LogP contribution in [0.1, 0.15) is 36.8 Å². The highest BCUT2D eigenvalue weighted by molar-refractivity contribution is 5.87. The predicted molar refractivity (Wildman–Crippen MR) is 105 cm³/mol. The molecule has 0 radical (unpaired) electrons. The molecule has 2 heterocycles. The van der Waals surface area contributed by atoms with Crippen LogP contribution in [-0.4, -0.2) is 40.9 Å². The quantitative estimate of drug-likeness (QED) is 0.798. The van der Waals surface area contributed by atoms with Crippen LogP contribution >= 0.6 is 0 Å². The minimum Gasteiger partial charge on any atom is -0.341 e. The fraction of sp³-hybridized carbons (Fsp3) is 0.435. The van der Waals surface area contributed by atoms with E-state index in [4.69, 9.17) is 0 Å². The monoisotopic (exact) mass is 366 g/mol. The molecule has 27 heavy (non-hydrogen) atoms. The number of benzene rings is 2. The van der Waals surface area contributed by atoms with Gasteiger partial charge in [-0.05, 0) is 61.9 Å². The van der Waals surface area contributed by atoms with Gasteiger partial charge < -0.3 is 4.90 Å². The molecule has 2 saturated heterocycles. The predicted octanol–water partition coefficient (Wildman–Crippen LogP) is 4.03. The topological polar surface area (TPSA) is 23.6 Å². The van der Waals surface area contributed by atoms with Crippen molar-refractivity contribution in [3.8, 4) is 0 Å². The fourth-order valence-electron chi connectivity index (χ4n) is 4.73. The summed E-state index contributed by atoms with van der Waals surface area (Å²) in [6, 6.07) is 17.1. The third-order valence-electron chi connectivity index (χ3n) is 6.10. The molecule has 2 aromatic carbocycles. The van der Waals surface area contributed by atoms with Crippen molar-refractivity contribution in [1.82, 2.24) is 9.80 Å². The Kier molecular flexibility index (Phi) is 5.26. The van der Waals surface area contributed by atoms with Crippen molar-refractivity contribution < 1.29 is 9.18 Å². The zero-order chi connectivity index (χ0) is 18.7. The standard InChI is InChI=1S/C23H27FN2O/c24-21-10-4-9-20(17-21)18-26-15-6-13-23(26)12-5-14-25(22(23)27)16-11-19-7-2-1-3-8-19/h1-4,7-10,17H,5-6,11-16,18H2. The van der Waals surface area contributed by atoms with Crippen LogP contribution in [0.25, 0.3) is 0 Å². The molecule has 3 nitrogen and oxygen atoms in total. The van der Waals surface area contributed by atoms with Gasteiger partial charge in [0.25, 0.3) is 0 Å². The maximum atomic E-state index is 13.6. The Hall–Kier alpha value is -2.20. The van der Waals surface area contributed by atoms with Crippen LogP contribution < -0.4 is 0 Å². The van der Waals surface area contributed by atoms with E-state index in [1.807, 2.05) is 24.3 Å². The third kappa shape index (κ3) is 3.77. The van der Waals surface area contributed by atoms with Crippen molar-refractivity contribution in [3.05, 3.63) is 71.5 Å². The number of carbonyl (C=O) groups is 1. The van der Waals surface area contributed by atoms with Crippen molar-refractivity contribution >= 4 is 5.91 Å². The van der Waals surface area contributed by atoms with Crippen LogP contribution in [0.4, 0.5) is 4.39 Å². The van der Waals surface area contributed by atoms with Gasteiger partial charge in [-0.15, -0.1) is 0 Å². The van der Waals surface area contributed by atoms with Crippen LogP contribution in [0.5, 0.6) is 0 Å². The van der Waals surface area contributed by atoms with E-state index >= 15 is 0 Å². The van der Waals surface area contributed by atoms with E-state index in [0.717, 1.165) is 57.3 Å². The van der Waals surface area contributed by atoms with Crippen molar-refractivity contribution in [2.24, 2.45) is 0 Å². The first-order chi connectivity index (χ1) is 13.2. The molecule has 0 N–H and O–H groups in total. The van der Waals surface area contributed by atoms with Gasteiger partial charge in [0.2, 0.25) is 5.91 Å². The minimum absolute atomic E-state index is 0.208. The van der Waals surface area contributed by atoms with Crippen LogP contribution in [0, 0.1) is 5.82 Å². The van der Waals surface area contributed by atoms with Crippen LogP contribution in [0.3, 0.4) is 0 Å². The zero-order valence-corrected chi connectivity index (χ0v) is 15.7. The first kappa shape index (κ1) is 18.2. The van der Waals surface area contributed by atoms with E-state index in [1.54, 1.807) is 12.1 Å². The SMILES string of the molecule is O=C1N(CCc2ccccc2)CCCC12CCCN2Cc1cccc(F)c1. The number of likely N-dealkylation sites (tertiary alicyclic amines) is 2. The Morgan fingerprint density at radius 2 is 1.67 bits per heavy atom. The van der Waals surface area contributed by atoms with Gasteiger partial charge in [0.1, 0.15) is 11.4 Å². The van der Waals surface area contributed by atoms with E-state index in [1.165, 1.54) is 11.6 Å². The molecule has 1 unspecified atom stereocenters. The Morgan fingerprint density at radius 1 is 0.926 bits per heavy atom. The Balaban J connectivity index is 1.47. The van der Waals surface area contributed by atoms with Crippen molar-refractivity contribution in [2.75, 3.05) is 19.6 Å². The average molecular weight is 366 g/mol. The van der Waals surface area contributed by atoms with E-state index < -0.39 is 0 Å². The Morgan fingerprint density at radius 3 is 2.44 bits per heavy atom. The van der Waals surface area contributed by atoms with Crippen molar-refractivity contribution in [2.45, 2.75) is 44.2 Å². The van der Waals surface area contributed by atoms with Gasteiger partial charge >= 0.3 is 0 Å². The lowest BCUT2D eigenvalue weighted by atomic mass is 9.85. The molecule has 2 aliphatic heterocycles. The number of piperidine rings is 1. The molecule has 4 heteroatoms. The van der Waals surface area contributed by atoms with Gasteiger partial charge in [-0.25, -0.2) is 4.39 Å². The molecule has 142 valence electrons. The summed E-state index contributed by atoms with van der Waals surface area (Å²) >= 11 is 0. The van der Waals surface area contributed by atoms with Crippen LogP contribution in [0.15, 0.2) is 54.6 Å². The summed E-state index contributed by atoms with van der Waals surface area (Å²) in [5, 5.41) is 0. The van der Waals surface area contributed by atoms with Gasteiger partial charge in [-0.1, -0.05) is 42.5 Å². The summed E-state index contributed by atoms with van der Waals surface area (Å²) in [5.41, 5.74) is 1.83. The summed E-state index contributed by atoms with van der Waals surface area (Å²) < 4.78 is 13.6. The summed E-state index contributed by atoms with van der Waals surface area (Å²) in [6.07, 6.45) is 4.81. The Labute approximate surface area is 160 Å². The molecule has 0 aromatic heterocycles. The largest absolute Gasteiger partial charge is 0.341 e.